The first-order valence-electron chi connectivity index (χ1n) is 9.79. The van der Waals surface area contributed by atoms with E-state index in [4.69, 9.17) is 4.42 Å². The lowest BCUT2D eigenvalue weighted by atomic mass is 9.98. The van der Waals surface area contributed by atoms with Crippen LogP contribution in [0.3, 0.4) is 0 Å². The van der Waals surface area contributed by atoms with Crippen molar-refractivity contribution in [1.82, 2.24) is 20.5 Å². The molecule has 7 heteroatoms. The molecule has 0 amide bonds. The zero-order valence-corrected chi connectivity index (χ0v) is 19.6. The Balaban J connectivity index is 0.00000280. The molecule has 3 rings (SSSR count). The van der Waals surface area contributed by atoms with E-state index in [0.717, 1.165) is 49.9 Å². The number of guanidine groups is 1. The van der Waals surface area contributed by atoms with Crippen LogP contribution < -0.4 is 10.6 Å². The Hall–Kier alpha value is -1.61. The normalized spacial score (nSPS) is 15.5. The Morgan fingerprint density at radius 2 is 2.00 bits per heavy atom. The van der Waals surface area contributed by atoms with Crippen LogP contribution in [-0.2, 0) is 19.5 Å². The smallest absolute Gasteiger partial charge is 0.214 e. The van der Waals surface area contributed by atoms with Gasteiger partial charge in [-0.05, 0) is 37.8 Å². The number of fused-ring (bicyclic) bond motifs is 1. The zero-order valence-electron chi connectivity index (χ0n) is 17.3. The van der Waals surface area contributed by atoms with Crippen molar-refractivity contribution in [2.75, 3.05) is 20.1 Å². The number of hydrogen-bond acceptors (Lipinski definition) is 4. The van der Waals surface area contributed by atoms with Crippen LogP contribution >= 0.6 is 24.0 Å². The van der Waals surface area contributed by atoms with Crippen LogP contribution in [0.25, 0.3) is 0 Å². The summed E-state index contributed by atoms with van der Waals surface area (Å²) >= 11 is 0. The fraction of sp³-hybridized carbons (Fsp3) is 0.524. The second-order valence-corrected chi connectivity index (χ2v) is 7.11. The lowest BCUT2D eigenvalue weighted by molar-refractivity contribution is 0.174. The number of nitrogens with zero attached hydrogens (tertiary/aromatic N) is 3. The predicted molar refractivity (Wildman–Crippen MR) is 124 cm³/mol. The average molecular weight is 497 g/mol. The van der Waals surface area contributed by atoms with Crippen LogP contribution in [0, 0.1) is 13.8 Å². The average Bonchev–Trinajstić information content (AvgIpc) is 3.02. The van der Waals surface area contributed by atoms with Crippen LogP contribution in [0.4, 0.5) is 0 Å². The first kappa shape index (κ1) is 22.7. The number of oxazole rings is 1. The van der Waals surface area contributed by atoms with Crippen LogP contribution in [0.15, 0.2) is 33.7 Å². The molecule has 2 heterocycles. The van der Waals surface area contributed by atoms with Crippen molar-refractivity contribution in [1.29, 1.82) is 0 Å². The Kier molecular flexibility index (Phi) is 8.75. The minimum atomic E-state index is 0. The molecule has 0 saturated carbocycles. The van der Waals surface area contributed by atoms with E-state index in [2.05, 4.69) is 56.7 Å². The van der Waals surface area contributed by atoms with Gasteiger partial charge in [0.25, 0.3) is 0 Å². The predicted octanol–water partition coefficient (Wildman–Crippen LogP) is 3.41. The maximum atomic E-state index is 5.62. The van der Waals surface area contributed by atoms with Gasteiger partial charge in [0, 0.05) is 32.7 Å². The fourth-order valence-electron chi connectivity index (χ4n) is 3.57. The molecule has 1 unspecified atom stereocenters. The van der Waals surface area contributed by atoms with E-state index in [-0.39, 0.29) is 24.0 Å². The number of aliphatic imine (C=N–C) groups is 1. The van der Waals surface area contributed by atoms with Crippen LogP contribution in [0.1, 0.15) is 41.8 Å². The number of halogens is 1. The zero-order chi connectivity index (χ0) is 19.2. The number of rotatable bonds is 6. The van der Waals surface area contributed by atoms with E-state index < -0.39 is 0 Å². The van der Waals surface area contributed by atoms with E-state index >= 15 is 0 Å². The third-order valence-electron chi connectivity index (χ3n) is 5.36. The number of aryl methyl sites for hydroxylation is 2. The number of aromatic nitrogens is 1. The molecule has 28 heavy (non-hydrogen) atoms. The van der Waals surface area contributed by atoms with Crippen molar-refractivity contribution in [3.8, 4) is 0 Å². The number of nitrogens with one attached hydrogen (secondary N) is 2. The van der Waals surface area contributed by atoms with Crippen molar-refractivity contribution in [3.63, 3.8) is 0 Å². The fourth-order valence-corrected chi connectivity index (χ4v) is 3.57. The highest BCUT2D eigenvalue weighted by Gasteiger charge is 2.22. The summed E-state index contributed by atoms with van der Waals surface area (Å²) in [6.07, 6.45) is 2.23. The van der Waals surface area contributed by atoms with Crippen molar-refractivity contribution in [3.05, 3.63) is 52.7 Å². The van der Waals surface area contributed by atoms with Crippen LogP contribution in [-0.4, -0.2) is 42.0 Å². The Labute approximate surface area is 185 Å². The second kappa shape index (κ2) is 10.8. The SMILES string of the molecule is CCC(CNC(=NC)NCc1nc(C)c(C)o1)N1CCc2ccccc2C1.I. The third-order valence-corrected chi connectivity index (χ3v) is 5.36. The van der Waals surface area contributed by atoms with Crippen molar-refractivity contribution >= 4 is 29.9 Å². The molecule has 0 saturated heterocycles. The van der Waals surface area contributed by atoms with E-state index in [0.29, 0.717) is 18.5 Å². The lowest BCUT2D eigenvalue weighted by Crippen LogP contribution is -2.48. The molecule has 0 radical (unpaired) electrons. The summed E-state index contributed by atoms with van der Waals surface area (Å²) in [6, 6.07) is 9.26. The third kappa shape index (κ3) is 5.70. The second-order valence-electron chi connectivity index (χ2n) is 7.11. The molecule has 0 spiro atoms. The van der Waals surface area contributed by atoms with Gasteiger partial charge in [-0.2, -0.15) is 0 Å². The van der Waals surface area contributed by atoms with Gasteiger partial charge in [-0.15, -0.1) is 24.0 Å². The maximum Gasteiger partial charge on any atom is 0.214 e. The number of benzene rings is 1. The summed E-state index contributed by atoms with van der Waals surface area (Å²) in [5, 5.41) is 6.75. The van der Waals surface area contributed by atoms with E-state index in [1.54, 1.807) is 7.05 Å². The highest BCUT2D eigenvalue weighted by Crippen LogP contribution is 2.21. The molecule has 1 aliphatic rings. The summed E-state index contributed by atoms with van der Waals surface area (Å²) in [4.78, 5) is 11.3. The van der Waals surface area contributed by atoms with Gasteiger partial charge in [0.15, 0.2) is 5.96 Å². The van der Waals surface area contributed by atoms with Crippen LogP contribution in [0.2, 0.25) is 0 Å². The first-order valence-corrected chi connectivity index (χ1v) is 9.79. The van der Waals surface area contributed by atoms with Gasteiger partial charge in [-0.3, -0.25) is 9.89 Å². The summed E-state index contributed by atoms with van der Waals surface area (Å²) in [5.41, 5.74) is 3.89. The lowest BCUT2D eigenvalue weighted by Gasteiger charge is -2.35. The molecule has 0 aliphatic carbocycles. The first-order chi connectivity index (χ1) is 13.1. The molecule has 1 aromatic carbocycles. The van der Waals surface area contributed by atoms with Gasteiger partial charge >= 0.3 is 0 Å². The van der Waals surface area contributed by atoms with Crippen molar-refractivity contribution < 1.29 is 4.42 Å². The van der Waals surface area contributed by atoms with Crippen molar-refractivity contribution in [2.45, 2.75) is 52.7 Å². The summed E-state index contributed by atoms with van der Waals surface area (Å²) in [5.74, 6) is 2.33. The molecule has 2 N–H and O–H groups in total. The van der Waals surface area contributed by atoms with Gasteiger partial charge < -0.3 is 15.1 Å². The number of hydrogen-bond donors (Lipinski definition) is 2. The van der Waals surface area contributed by atoms with Crippen LogP contribution in [0.5, 0.6) is 0 Å². The Bertz CT molecular complexity index is 769. The van der Waals surface area contributed by atoms with Crippen molar-refractivity contribution in [2.24, 2.45) is 4.99 Å². The van der Waals surface area contributed by atoms with Gasteiger partial charge in [-0.1, -0.05) is 31.2 Å². The monoisotopic (exact) mass is 497 g/mol. The minimum Gasteiger partial charge on any atom is -0.444 e. The van der Waals surface area contributed by atoms with E-state index in [9.17, 15) is 0 Å². The Morgan fingerprint density at radius 1 is 1.25 bits per heavy atom. The highest BCUT2D eigenvalue weighted by molar-refractivity contribution is 14.0. The molecule has 154 valence electrons. The molecule has 1 atom stereocenters. The minimum absolute atomic E-state index is 0. The molecule has 1 aliphatic heterocycles. The Morgan fingerprint density at radius 3 is 2.64 bits per heavy atom. The van der Waals surface area contributed by atoms with Gasteiger partial charge in [0.05, 0.1) is 12.2 Å². The summed E-state index contributed by atoms with van der Waals surface area (Å²) in [7, 11) is 1.79. The molecule has 0 fully saturated rings. The molecule has 2 aromatic rings. The topological polar surface area (TPSA) is 65.7 Å². The molecular weight excluding hydrogens is 465 g/mol. The standard InChI is InChI=1S/C21H31N5O.HI/c1-5-19(26-11-10-17-8-6-7-9-18(17)14-26)12-23-21(22-4)24-13-20-25-15(2)16(3)27-20;/h6-9,19H,5,10-14H2,1-4H3,(H2,22,23,24);1H. The molecule has 0 bridgehead atoms. The van der Waals surface area contributed by atoms with Gasteiger partial charge in [-0.25, -0.2) is 4.98 Å². The summed E-state index contributed by atoms with van der Waals surface area (Å²) < 4.78 is 5.62. The molecular formula is C21H32IN5O. The largest absolute Gasteiger partial charge is 0.444 e. The summed E-state index contributed by atoms with van der Waals surface area (Å²) in [6.45, 7) is 9.67. The van der Waals surface area contributed by atoms with E-state index in [1.165, 1.54) is 11.1 Å². The molecule has 6 nitrogen and oxygen atoms in total. The van der Waals surface area contributed by atoms with Gasteiger partial charge in [0.1, 0.15) is 5.76 Å². The quantitative estimate of drug-likeness (QED) is 0.364. The van der Waals surface area contributed by atoms with Gasteiger partial charge in [0.2, 0.25) is 5.89 Å². The van der Waals surface area contributed by atoms with E-state index in [1.807, 2.05) is 13.8 Å². The maximum absolute atomic E-state index is 5.62. The highest BCUT2D eigenvalue weighted by atomic mass is 127. The molecule has 1 aromatic heterocycles.